The van der Waals surface area contributed by atoms with Crippen molar-refractivity contribution < 1.29 is 9.47 Å². The van der Waals surface area contributed by atoms with Gasteiger partial charge in [-0.1, -0.05) is 41.6 Å². The molecule has 0 saturated carbocycles. The van der Waals surface area contributed by atoms with Gasteiger partial charge in [-0.2, -0.15) is 0 Å². The zero-order valence-corrected chi connectivity index (χ0v) is 9.78. The maximum Gasteiger partial charge on any atom is 0.189 e. The van der Waals surface area contributed by atoms with Gasteiger partial charge in [0.15, 0.2) is 6.79 Å². The van der Waals surface area contributed by atoms with E-state index in [1.807, 2.05) is 18.2 Å². The third-order valence-electron chi connectivity index (χ3n) is 1.69. The standard InChI is InChI=1S/C10H13IO2/c1-2-9-4-3-5-10(6-9)13-8-12-7-11/h3-6H,2,7-8H2,1H3. The molecule has 0 aliphatic rings. The van der Waals surface area contributed by atoms with Crippen molar-refractivity contribution in [2.75, 3.05) is 11.4 Å². The quantitative estimate of drug-likeness (QED) is 0.359. The lowest BCUT2D eigenvalue weighted by atomic mass is 10.2. The highest BCUT2D eigenvalue weighted by atomic mass is 127. The summed E-state index contributed by atoms with van der Waals surface area (Å²) in [6.45, 7) is 2.45. The van der Waals surface area contributed by atoms with E-state index in [1.165, 1.54) is 5.56 Å². The molecule has 0 atom stereocenters. The Balaban J connectivity index is 2.46. The topological polar surface area (TPSA) is 18.5 Å². The molecule has 0 aromatic heterocycles. The summed E-state index contributed by atoms with van der Waals surface area (Å²) in [6, 6.07) is 8.07. The van der Waals surface area contributed by atoms with Gasteiger partial charge in [-0.25, -0.2) is 0 Å². The number of hydrogen-bond acceptors (Lipinski definition) is 2. The highest BCUT2D eigenvalue weighted by molar-refractivity contribution is 14.1. The van der Waals surface area contributed by atoms with Crippen LogP contribution in [0.15, 0.2) is 24.3 Å². The Morgan fingerprint density at radius 1 is 1.38 bits per heavy atom. The molecule has 0 radical (unpaired) electrons. The lowest BCUT2D eigenvalue weighted by molar-refractivity contribution is 0.0467. The van der Waals surface area contributed by atoms with Gasteiger partial charge in [0.25, 0.3) is 0 Å². The summed E-state index contributed by atoms with van der Waals surface area (Å²) in [4.78, 5) is 0. The molecule has 0 N–H and O–H groups in total. The second kappa shape index (κ2) is 6.21. The van der Waals surface area contributed by atoms with Gasteiger partial charge < -0.3 is 9.47 Å². The largest absolute Gasteiger partial charge is 0.468 e. The second-order valence-corrected chi connectivity index (χ2v) is 3.20. The zero-order chi connectivity index (χ0) is 9.52. The van der Waals surface area contributed by atoms with Gasteiger partial charge in [-0.05, 0) is 24.1 Å². The van der Waals surface area contributed by atoms with Crippen LogP contribution in [0, 0.1) is 0 Å². The fraction of sp³-hybridized carbons (Fsp3) is 0.400. The molecule has 0 heterocycles. The van der Waals surface area contributed by atoms with E-state index in [2.05, 4.69) is 35.6 Å². The molecule has 0 spiro atoms. The minimum absolute atomic E-state index is 0.329. The number of rotatable bonds is 5. The number of alkyl halides is 1. The van der Waals surface area contributed by atoms with Crippen molar-refractivity contribution in [3.8, 4) is 5.75 Å². The average Bonchev–Trinajstić information content (AvgIpc) is 2.19. The van der Waals surface area contributed by atoms with Crippen molar-refractivity contribution in [3.05, 3.63) is 29.8 Å². The molecule has 1 aromatic carbocycles. The molecule has 0 aliphatic heterocycles. The minimum atomic E-state index is 0.329. The third kappa shape index (κ3) is 3.95. The minimum Gasteiger partial charge on any atom is -0.468 e. The zero-order valence-electron chi connectivity index (χ0n) is 7.63. The van der Waals surface area contributed by atoms with E-state index in [0.29, 0.717) is 11.4 Å². The molecule has 13 heavy (non-hydrogen) atoms. The number of halogens is 1. The van der Waals surface area contributed by atoms with Gasteiger partial charge in [0, 0.05) is 0 Å². The average molecular weight is 292 g/mol. The highest BCUT2D eigenvalue weighted by Crippen LogP contribution is 2.13. The molecule has 0 fully saturated rings. The summed E-state index contributed by atoms with van der Waals surface area (Å²) in [7, 11) is 0. The first kappa shape index (κ1) is 10.8. The molecule has 0 aliphatic carbocycles. The van der Waals surface area contributed by atoms with E-state index in [1.54, 1.807) is 0 Å². The van der Waals surface area contributed by atoms with Gasteiger partial charge >= 0.3 is 0 Å². The van der Waals surface area contributed by atoms with Crippen LogP contribution in [0.2, 0.25) is 0 Å². The smallest absolute Gasteiger partial charge is 0.189 e. The highest BCUT2D eigenvalue weighted by Gasteiger charge is 1.94. The Bertz CT molecular complexity index is 250. The summed E-state index contributed by atoms with van der Waals surface area (Å²) in [5, 5.41) is 0. The first-order chi connectivity index (χ1) is 6.36. The summed E-state index contributed by atoms with van der Waals surface area (Å²) >= 11 is 2.14. The van der Waals surface area contributed by atoms with Crippen LogP contribution in [0.4, 0.5) is 0 Å². The Kier molecular flexibility index (Phi) is 5.15. The normalized spacial score (nSPS) is 10.0. The van der Waals surface area contributed by atoms with E-state index >= 15 is 0 Å². The van der Waals surface area contributed by atoms with Gasteiger partial charge in [-0.3, -0.25) is 0 Å². The van der Waals surface area contributed by atoms with E-state index in [-0.39, 0.29) is 0 Å². The second-order valence-electron chi connectivity index (χ2n) is 2.58. The molecule has 0 bridgehead atoms. The molecular weight excluding hydrogens is 279 g/mol. The summed E-state index contributed by atoms with van der Waals surface area (Å²) in [5.41, 5.74) is 1.28. The van der Waals surface area contributed by atoms with Crippen LogP contribution in [0.3, 0.4) is 0 Å². The van der Waals surface area contributed by atoms with Crippen molar-refractivity contribution in [2.24, 2.45) is 0 Å². The lowest BCUT2D eigenvalue weighted by Gasteiger charge is -2.06. The number of aryl methyl sites for hydroxylation is 1. The maximum atomic E-state index is 5.36. The first-order valence-corrected chi connectivity index (χ1v) is 5.75. The van der Waals surface area contributed by atoms with Crippen LogP contribution in [-0.2, 0) is 11.2 Å². The molecule has 0 saturated heterocycles. The molecular formula is C10H13IO2. The number of hydrogen-bond donors (Lipinski definition) is 0. The van der Waals surface area contributed by atoms with Gasteiger partial charge in [0.1, 0.15) is 10.4 Å². The van der Waals surface area contributed by atoms with Gasteiger partial charge in [-0.15, -0.1) is 0 Å². The van der Waals surface area contributed by atoms with Crippen LogP contribution in [0.1, 0.15) is 12.5 Å². The van der Waals surface area contributed by atoms with Crippen molar-refractivity contribution in [2.45, 2.75) is 13.3 Å². The first-order valence-electron chi connectivity index (χ1n) is 4.22. The molecule has 2 nitrogen and oxygen atoms in total. The van der Waals surface area contributed by atoms with E-state index in [4.69, 9.17) is 9.47 Å². The predicted octanol–water partition coefficient (Wildman–Crippen LogP) is 2.99. The Labute approximate surface area is 92.4 Å². The van der Waals surface area contributed by atoms with Crippen LogP contribution in [-0.4, -0.2) is 11.4 Å². The Hall–Kier alpha value is -0.290. The van der Waals surface area contributed by atoms with Crippen molar-refractivity contribution in [3.63, 3.8) is 0 Å². The third-order valence-corrected chi connectivity index (χ3v) is 2.13. The molecule has 3 heteroatoms. The predicted molar refractivity (Wildman–Crippen MR) is 61.3 cm³/mol. The van der Waals surface area contributed by atoms with E-state index < -0.39 is 0 Å². The molecule has 1 aromatic rings. The van der Waals surface area contributed by atoms with Crippen molar-refractivity contribution >= 4 is 22.6 Å². The van der Waals surface area contributed by atoms with E-state index in [9.17, 15) is 0 Å². The number of ether oxygens (including phenoxy) is 2. The van der Waals surface area contributed by atoms with Gasteiger partial charge in [0.2, 0.25) is 0 Å². The fourth-order valence-electron chi connectivity index (χ4n) is 0.996. The SMILES string of the molecule is CCc1cccc(OCOCI)c1. The van der Waals surface area contributed by atoms with Crippen LogP contribution >= 0.6 is 22.6 Å². The molecule has 0 amide bonds. The van der Waals surface area contributed by atoms with Crippen molar-refractivity contribution in [1.29, 1.82) is 0 Å². The summed E-state index contributed by atoms with van der Waals surface area (Å²) in [6.07, 6.45) is 1.03. The summed E-state index contributed by atoms with van der Waals surface area (Å²) < 4.78 is 11.1. The van der Waals surface area contributed by atoms with Crippen molar-refractivity contribution in [1.82, 2.24) is 0 Å². The van der Waals surface area contributed by atoms with Crippen LogP contribution in [0.5, 0.6) is 5.75 Å². The van der Waals surface area contributed by atoms with Crippen LogP contribution < -0.4 is 4.74 Å². The molecule has 1 rings (SSSR count). The van der Waals surface area contributed by atoms with Crippen LogP contribution in [0.25, 0.3) is 0 Å². The number of benzene rings is 1. The molecule has 72 valence electrons. The lowest BCUT2D eigenvalue weighted by Crippen LogP contribution is -2.00. The summed E-state index contributed by atoms with van der Waals surface area (Å²) in [5.74, 6) is 0.879. The van der Waals surface area contributed by atoms with Gasteiger partial charge in [0.05, 0.1) is 0 Å². The maximum absolute atomic E-state index is 5.36. The fourth-order valence-corrected chi connectivity index (χ4v) is 1.18. The Morgan fingerprint density at radius 3 is 2.92 bits per heavy atom. The van der Waals surface area contributed by atoms with E-state index in [0.717, 1.165) is 12.2 Å². The molecule has 0 unspecified atom stereocenters. The Morgan fingerprint density at radius 2 is 2.23 bits per heavy atom. The monoisotopic (exact) mass is 292 g/mol.